The van der Waals surface area contributed by atoms with Gasteiger partial charge in [0.25, 0.3) is 0 Å². The summed E-state index contributed by atoms with van der Waals surface area (Å²) in [5, 5.41) is 9.43. The molecule has 2 aromatic carbocycles. The minimum Gasteiger partial charge on any atom is -0.496 e. The molecule has 0 bridgehead atoms. The van der Waals surface area contributed by atoms with Crippen LogP contribution in [-0.4, -0.2) is 12.2 Å². The van der Waals surface area contributed by atoms with Crippen LogP contribution in [0.25, 0.3) is 0 Å². The lowest BCUT2D eigenvalue weighted by atomic mass is 10.1. The van der Waals surface area contributed by atoms with Crippen molar-refractivity contribution < 1.29 is 14.6 Å². The number of para-hydroxylation sites is 1. The Hall–Kier alpha value is -2.00. The summed E-state index contributed by atoms with van der Waals surface area (Å²) in [6.07, 6.45) is -0.455. The highest BCUT2D eigenvalue weighted by Gasteiger charge is 2.04. The number of rotatable bonds is 5. The Morgan fingerprint density at radius 3 is 2.37 bits per heavy atom. The Balaban J connectivity index is 2.02. The van der Waals surface area contributed by atoms with E-state index in [0.717, 1.165) is 22.6 Å². The first-order valence-corrected chi connectivity index (χ1v) is 6.23. The summed E-state index contributed by atoms with van der Waals surface area (Å²) < 4.78 is 11.0. The molecule has 0 unspecified atom stereocenters. The van der Waals surface area contributed by atoms with Crippen molar-refractivity contribution in [2.75, 3.05) is 7.11 Å². The molecule has 3 heteroatoms. The number of methoxy groups -OCH3 is 1. The highest BCUT2D eigenvalue weighted by molar-refractivity contribution is 5.34. The van der Waals surface area contributed by atoms with Gasteiger partial charge < -0.3 is 14.6 Å². The Morgan fingerprint density at radius 1 is 1.05 bits per heavy atom. The molecule has 0 aliphatic heterocycles. The van der Waals surface area contributed by atoms with Crippen LogP contribution in [0.2, 0.25) is 0 Å². The van der Waals surface area contributed by atoms with E-state index < -0.39 is 6.10 Å². The lowest BCUT2D eigenvalue weighted by Gasteiger charge is -2.11. The lowest BCUT2D eigenvalue weighted by molar-refractivity contribution is 0.199. The number of hydrogen-bond acceptors (Lipinski definition) is 3. The highest BCUT2D eigenvalue weighted by Crippen LogP contribution is 2.21. The zero-order chi connectivity index (χ0) is 13.7. The van der Waals surface area contributed by atoms with Crippen molar-refractivity contribution in [3.05, 3.63) is 59.7 Å². The standard InChI is InChI=1S/C16H18O3/c1-12(17)13-7-9-15(10-8-13)19-11-14-5-3-4-6-16(14)18-2/h3-10,12,17H,11H2,1-2H3/t12-/m0/s1. The molecule has 0 saturated carbocycles. The molecule has 0 aliphatic rings. The first kappa shape index (κ1) is 13.4. The van der Waals surface area contributed by atoms with Crippen LogP contribution >= 0.6 is 0 Å². The molecular weight excluding hydrogens is 240 g/mol. The average Bonchev–Trinajstić information content (AvgIpc) is 2.45. The third kappa shape index (κ3) is 3.48. The molecule has 0 amide bonds. The second-order valence-corrected chi connectivity index (χ2v) is 4.35. The summed E-state index contributed by atoms with van der Waals surface area (Å²) in [6, 6.07) is 15.2. The molecular formula is C16H18O3. The van der Waals surface area contributed by atoms with Gasteiger partial charge in [0.15, 0.2) is 0 Å². The topological polar surface area (TPSA) is 38.7 Å². The maximum atomic E-state index is 9.43. The zero-order valence-corrected chi connectivity index (χ0v) is 11.2. The normalized spacial score (nSPS) is 11.9. The van der Waals surface area contributed by atoms with Crippen LogP contribution in [0.5, 0.6) is 11.5 Å². The van der Waals surface area contributed by atoms with Gasteiger partial charge in [0, 0.05) is 5.56 Å². The van der Waals surface area contributed by atoms with Crippen LogP contribution in [0.4, 0.5) is 0 Å². The van der Waals surface area contributed by atoms with E-state index in [0.29, 0.717) is 6.61 Å². The molecule has 0 heterocycles. The molecule has 2 aromatic rings. The molecule has 3 nitrogen and oxygen atoms in total. The molecule has 100 valence electrons. The van der Waals surface area contributed by atoms with Crippen molar-refractivity contribution >= 4 is 0 Å². The maximum absolute atomic E-state index is 9.43. The summed E-state index contributed by atoms with van der Waals surface area (Å²) in [6.45, 7) is 2.20. The van der Waals surface area contributed by atoms with Gasteiger partial charge in [-0.1, -0.05) is 30.3 Å². The molecule has 0 saturated heterocycles. The number of benzene rings is 2. The lowest BCUT2D eigenvalue weighted by Crippen LogP contribution is -1.99. The van der Waals surface area contributed by atoms with Gasteiger partial charge in [-0.3, -0.25) is 0 Å². The molecule has 0 aromatic heterocycles. The summed E-state index contributed by atoms with van der Waals surface area (Å²) in [5.74, 6) is 1.60. The van der Waals surface area contributed by atoms with Crippen molar-refractivity contribution in [2.24, 2.45) is 0 Å². The smallest absolute Gasteiger partial charge is 0.125 e. The van der Waals surface area contributed by atoms with Crippen LogP contribution in [0.3, 0.4) is 0 Å². The first-order chi connectivity index (χ1) is 9.20. The number of aliphatic hydroxyl groups is 1. The van der Waals surface area contributed by atoms with E-state index in [1.54, 1.807) is 14.0 Å². The van der Waals surface area contributed by atoms with Gasteiger partial charge in [0.2, 0.25) is 0 Å². The van der Waals surface area contributed by atoms with E-state index in [-0.39, 0.29) is 0 Å². The van der Waals surface area contributed by atoms with E-state index in [1.807, 2.05) is 48.5 Å². The Labute approximate surface area is 113 Å². The predicted octanol–water partition coefficient (Wildman–Crippen LogP) is 3.33. The molecule has 1 N–H and O–H groups in total. The Bertz CT molecular complexity index is 518. The molecule has 0 fully saturated rings. The summed E-state index contributed by atoms with van der Waals surface area (Å²) >= 11 is 0. The molecule has 1 atom stereocenters. The Morgan fingerprint density at radius 2 is 1.74 bits per heavy atom. The third-order valence-electron chi connectivity index (χ3n) is 2.95. The Kier molecular flexibility index (Phi) is 4.42. The largest absolute Gasteiger partial charge is 0.496 e. The maximum Gasteiger partial charge on any atom is 0.125 e. The van der Waals surface area contributed by atoms with Crippen molar-refractivity contribution in [1.29, 1.82) is 0 Å². The van der Waals surface area contributed by atoms with Crippen LogP contribution in [-0.2, 0) is 6.61 Å². The first-order valence-electron chi connectivity index (χ1n) is 6.23. The van der Waals surface area contributed by atoms with Gasteiger partial charge in [-0.25, -0.2) is 0 Å². The minimum absolute atomic E-state index is 0.455. The fourth-order valence-corrected chi connectivity index (χ4v) is 1.83. The summed E-state index contributed by atoms with van der Waals surface area (Å²) in [7, 11) is 1.65. The molecule has 2 rings (SSSR count). The monoisotopic (exact) mass is 258 g/mol. The zero-order valence-electron chi connectivity index (χ0n) is 11.2. The molecule has 0 radical (unpaired) electrons. The van der Waals surface area contributed by atoms with Crippen LogP contribution in [0.15, 0.2) is 48.5 Å². The number of ether oxygens (including phenoxy) is 2. The van der Waals surface area contributed by atoms with Crippen molar-refractivity contribution in [3.63, 3.8) is 0 Å². The van der Waals surface area contributed by atoms with Crippen LogP contribution in [0.1, 0.15) is 24.2 Å². The van der Waals surface area contributed by atoms with E-state index in [1.165, 1.54) is 0 Å². The van der Waals surface area contributed by atoms with Crippen molar-refractivity contribution in [3.8, 4) is 11.5 Å². The second-order valence-electron chi connectivity index (χ2n) is 4.35. The minimum atomic E-state index is -0.455. The third-order valence-corrected chi connectivity index (χ3v) is 2.95. The van der Waals surface area contributed by atoms with Gasteiger partial charge in [-0.15, -0.1) is 0 Å². The van der Waals surface area contributed by atoms with Crippen molar-refractivity contribution in [2.45, 2.75) is 19.6 Å². The van der Waals surface area contributed by atoms with E-state index >= 15 is 0 Å². The molecule has 0 aliphatic carbocycles. The molecule has 0 spiro atoms. The van der Waals surface area contributed by atoms with E-state index in [2.05, 4.69) is 0 Å². The van der Waals surface area contributed by atoms with Gasteiger partial charge in [0.05, 0.1) is 13.2 Å². The van der Waals surface area contributed by atoms with E-state index in [4.69, 9.17) is 9.47 Å². The van der Waals surface area contributed by atoms with Crippen LogP contribution in [0, 0.1) is 0 Å². The van der Waals surface area contributed by atoms with Gasteiger partial charge >= 0.3 is 0 Å². The van der Waals surface area contributed by atoms with Crippen LogP contribution < -0.4 is 9.47 Å². The second kappa shape index (κ2) is 6.25. The van der Waals surface area contributed by atoms with E-state index in [9.17, 15) is 5.11 Å². The predicted molar refractivity (Wildman–Crippen MR) is 74.4 cm³/mol. The summed E-state index contributed by atoms with van der Waals surface area (Å²) in [4.78, 5) is 0. The highest BCUT2D eigenvalue weighted by atomic mass is 16.5. The molecule has 19 heavy (non-hydrogen) atoms. The summed E-state index contributed by atoms with van der Waals surface area (Å²) in [5.41, 5.74) is 1.88. The number of aliphatic hydroxyl groups excluding tert-OH is 1. The average molecular weight is 258 g/mol. The fraction of sp³-hybridized carbons (Fsp3) is 0.250. The van der Waals surface area contributed by atoms with Gasteiger partial charge in [-0.2, -0.15) is 0 Å². The van der Waals surface area contributed by atoms with Gasteiger partial charge in [-0.05, 0) is 30.7 Å². The number of hydrogen-bond donors (Lipinski definition) is 1. The van der Waals surface area contributed by atoms with Gasteiger partial charge in [0.1, 0.15) is 18.1 Å². The van der Waals surface area contributed by atoms with Crippen molar-refractivity contribution in [1.82, 2.24) is 0 Å². The quantitative estimate of drug-likeness (QED) is 0.894. The fourth-order valence-electron chi connectivity index (χ4n) is 1.83. The SMILES string of the molecule is COc1ccccc1COc1ccc([C@H](C)O)cc1.